The summed E-state index contributed by atoms with van der Waals surface area (Å²) < 4.78 is 37.1. The fraction of sp³-hybridized carbons (Fsp3) is 0.444. The zero-order valence-electron chi connectivity index (χ0n) is 15.5. The van der Waals surface area contributed by atoms with Crippen LogP contribution in [0.1, 0.15) is 23.3 Å². The number of nitrogen functional groups attached to an aromatic ring is 1. The lowest BCUT2D eigenvalue weighted by atomic mass is 10.0. The number of hydrogen-bond acceptors (Lipinski definition) is 6. The molecule has 3 heterocycles. The van der Waals surface area contributed by atoms with Crippen molar-refractivity contribution < 1.29 is 23.4 Å². The molecule has 1 aromatic carbocycles. The molecule has 0 bridgehead atoms. The minimum absolute atomic E-state index is 0. The molecule has 2 aromatic rings. The summed E-state index contributed by atoms with van der Waals surface area (Å²) in [5.41, 5.74) is 9.12. The SMILES string of the molecule is C[C@@H]1CN(c2c(F)c(N)c3c(=O)c(C(=O)O)cn(C4COC4)c3c2F)C[C@@H]1N.Cl. The van der Waals surface area contributed by atoms with Crippen LogP contribution >= 0.6 is 12.4 Å². The molecule has 2 aliphatic heterocycles. The average Bonchev–Trinajstić information content (AvgIpc) is 2.90. The Bertz CT molecular complexity index is 1050. The van der Waals surface area contributed by atoms with Gasteiger partial charge < -0.3 is 30.8 Å². The number of fused-ring (bicyclic) bond motifs is 1. The Hall–Kier alpha value is -2.43. The number of rotatable bonds is 3. The lowest BCUT2D eigenvalue weighted by Crippen LogP contribution is -2.34. The van der Waals surface area contributed by atoms with Gasteiger partial charge in [0, 0.05) is 25.3 Å². The molecule has 8 nitrogen and oxygen atoms in total. The number of halogens is 3. The van der Waals surface area contributed by atoms with Crippen molar-refractivity contribution >= 4 is 40.7 Å². The summed E-state index contributed by atoms with van der Waals surface area (Å²) in [7, 11) is 0. The van der Waals surface area contributed by atoms with Crippen LogP contribution in [0.25, 0.3) is 10.9 Å². The van der Waals surface area contributed by atoms with Gasteiger partial charge >= 0.3 is 5.97 Å². The fourth-order valence-electron chi connectivity index (χ4n) is 3.83. The van der Waals surface area contributed by atoms with Gasteiger partial charge in [0.15, 0.2) is 11.6 Å². The molecule has 0 radical (unpaired) electrons. The first kappa shape index (κ1) is 21.3. The van der Waals surface area contributed by atoms with E-state index in [-0.39, 0.29) is 61.4 Å². The molecule has 1 aromatic heterocycles. The lowest BCUT2D eigenvalue weighted by Gasteiger charge is -2.31. The topological polar surface area (TPSA) is 124 Å². The van der Waals surface area contributed by atoms with E-state index < -0.39 is 39.7 Å². The maximum atomic E-state index is 15.6. The molecule has 158 valence electrons. The van der Waals surface area contributed by atoms with E-state index >= 15 is 8.78 Å². The number of pyridine rings is 1. The van der Waals surface area contributed by atoms with Crippen molar-refractivity contribution in [2.45, 2.75) is 19.0 Å². The smallest absolute Gasteiger partial charge is 0.341 e. The number of nitrogens with two attached hydrogens (primary N) is 2. The van der Waals surface area contributed by atoms with E-state index in [0.29, 0.717) is 6.54 Å². The molecule has 2 atom stereocenters. The summed E-state index contributed by atoms with van der Waals surface area (Å²) >= 11 is 0. The fourth-order valence-corrected chi connectivity index (χ4v) is 3.83. The van der Waals surface area contributed by atoms with E-state index in [9.17, 15) is 14.7 Å². The predicted octanol–water partition coefficient (Wildman–Crippen LogP) is 1.34. The summed E-state index contributed by atoms with van der Waals surface area (Å²) in [5, 5.41) is 8.87. The second-order valence-corrected chi connectivity index (χ2v) is 7.44. The van der Waals surface area contributed by atoms with Gasteiger partial charge in [0.1, 0.15) is 11.3 Å². The maximum absolute atomic E-state index is 15.6. The van der Waals surface area contributed by atoms with Crippen LogP contribution in [-0.4, -0.2) is 48.0 Å². The Labute approximate surface area is 170 Å². The summed E-state index contributed by atoms with van der Waals surface area (Å²) in [4.78, 5) is 25.6. The van der Waals surface area contributed by atoms with Gasteiger partial charge in [-0.05, 0) is 5.92 Å². The number of benzene rings is 1. The first-order valence-electron chi connectivity index (χ1n) is 8.89. The highest BCUT2D eigenvalue weighted by Gasteiger charge is 2.35. The second-order valence-electron chi connectivity index (χ2n) is 7.44. The normalized spacial score (nSPS) is 21.9. The molecule has 11 heteroatoms. The first-order chi connectivity index (χ1) is 13.2. The molecular weight excluding hydrogens is 410 g/mol. The zero-order valence-corrected chi connectivity index (χ0v) is 16.3. The summed E-state index contributed by atoms with van der Waals surface area (Å²) in [6, 6.07) is -0.638. The number of carboxylic acid groups (broad SMARTS) is 1. The van der Waals surface area contributed by atoms with Gasteiger partial charge in [-0.15, -0.1) is 12.4 Å². The minimum atomic E-state index is -1.50. The van der Waals surface area contributed by atoms with Crippen LogP contribution < -0.4 is 21.8 Å². The number of hydrogen-bond donors (Lipinski definition) is 3. The highest BCUT2D eigenvalue weighted by Crippen LogP contribution is 2.38. The molecule has 2 saturated heterocycles. The second kappa shape index (κ2) is 7.43. The van der Waals surface area contributed by atoms with Gasteiger partial charge in [0.2, 0.25) is 5.43 Å². The van der Waals surface area contributed by atoms with E-state index in [2.05, 4.69) is 0 Å². The van der Waals surface area contributed by atoms with E-state index in [0.717, 1.165) is 6.20 Å². The summed E-state index contributed by atoms with van der Waals surface area (Å²) in [5.74, 6) is -3.51. The van der Waals surface area contributed by atoms with E-state index in [1.807, 2.05) is 6.92 Å². The molecular formula is C18H21ClF2N4O4. The number of aromatic nitrogens is 1. The number of anilines is 2. The standard InChI is InChI=1S/C18H20F2N4O4.ClH/c1-7-2-23(4-10(7)21)16-12(19)14(22)11-15(13(16)20)24(8-5-28-6-8)3-9(17(11)25)18(26)27;/h3,7-8,10H,2,4-6,21-22H2,1H3,(H,26,27);1H/t7-,10+;/m1./s1. The van der Waals surface area contributed by atoms with E-state index in [4.69, 9.17) is 16.2 Å². The molecule has 2 fully saturated rings. The van der Waals surface area contributed by atoms with Crippen molar-refractivity contribution in [3.8, 4) is 0 Å². The third kappa shape index (κ3) is 3.11. The minimum Gasteiger partial charge on any atom is -0.477 e. The predicted molar refractivity (Wildman–Crippen MR) is 106 cm³/mol. The van der Waals surface area contributed by atoms with Crippen LogP contribution in [0.2, 0.25) is 0 Å². The summed E-state index contributed by atoms with van der Waals surface area (Å²) in [6.07, 6.45) is 1.07. The number of carboxylic acids is 1. The average molecular weight is 431 g/mol. The molecule has 0 aliphatic carbocycles. The van der Waals surface area contributed by atoms with Gasteiger partial charge in [0.25, 0.3) is 0 Å². The molecule has 5 N–H and O–H groups in total. The van der Waals surface area contributed by atoms with Crippen molar-refractivity contribution in [2.75, 3.05) is 36.9 Å². The van der Waals surface area contributed by atoms with Crippen LogP contribution in [-0.2, 0) is 4.74 Å². The molecule has 4 rings (SSSR count). The van der Waals surface area contributed by atoms with Crippen molar-refractivity contribution in [2.24, 2.45) is 11.7 Å². The van der Waals surface area contributed by atoms with Crippen LogP contribution in [0.5, 0.6) is 0 Å². The Kier molecular flexibility index (Phi) is 5.46. The third-order valence-corrected chi connectivity index (χ3v) is 5.60. The number of aromatic carboxylic acids is 1. The van der Waals surface area contributed by atoms with E-state index in [1.54, 1.807) is 0 Å². The quantitative estimate of drug-likeness (QED) is 0.627. The Balaban J connectivity index is 0.00000240. The van der Waals surface area contributed by atoms with Crippen molar-refractivity contribution in [1.82, 2.24) is 4.57 Å². The zero-order chi connectivity index (χ0) is 20.3. The number of nitrogens with zero attached hydrogens (tertiary/aromatic N) is 2. The van der Waals surface area contributed by atoms with Crippen LogP contribution in [0.3, 0.4) is 0 Å². The Morgan fingerprint density at radius 1 is 1.28 bits per heavy atom. The Morgan fingerprint density at radius 2 is 1.93 bits per heavy atom. The summed E-state index contributed by atoms with van der Waals surface area (Å²) in [6.45, 7) is 2.89. The number of carbonyl (C=O) groups is 1. The third-order valence-electron chi connectivity index (χ3n) is 5.60. The van der Waals surface area contributed by atoms with Gasteiger partial charge in [0.05, 0.1) is 35.8 Å². The van der Waals surface area contributed by atoms with Crippen molar-refractivity contribution in [3.63, 3.8) is 0 Å². The van der Waals surface area contributed by atoms with Gasteiger partial charge in [-0.1, -0.05) is 6.92 Å². The van der Waals surface area contributed by atoms with Crippen LogP contribution in [0.15, 0.2) is 11.0 Å². The Morgan fingerprint density at radius 3 is 2.41 bits per heavy atom. The van der Waals surface area contributed by atoms with Gasteiger partial charge in [-0.25, -0.2) is 13.6 Å². The lowest BCUT2D eigenvalue weighted by molar-refractivity contribution is -0.0219. The molecule has 0 amide bonds. The maximum Gasteiger partial charge on any atom is 0.341 e. The van der Waals surface area contributed by atoms with Gasteiger partial charge in [-0.2, -0.15) is 0 Å². The van der Waals surface area contributed by atoms with Crippen LogP contribution in [0, 0.1) is 17.6 Å². The molecule has 0 unspecified atom stereocenters. The monoisotopic (exact) mass is 430 g/mol. The van der Waals surface area contributed by atoms with Crippen molar-refractivity contribution in [1.29, 1.82) is 0 Å². The van der Waals surface area contributed by atoms with Crippen molar-refractivity contribution in [3.05, 3.63) is 33.6 Å². The highest BCUT2D eigenvalue weighted by atomic mass is 35.5. The highest BCUT2D eigenvalue weighted by molar-refractivity contribution is 5.99. The molecule has 2 aliphatic rings. The number of ether oxygens (including phenoxy) is 1. The molecule has 29 heavy (non-hydrogen) atoms. The van der Waals surface area contributed by atoms with E-state index in [1.165, 1.54) is 9.47 Å². The largest absolute Gasteiger partial charge is 0.477 e. The first-order valence-corrected chi connectivity index (χ1v) is 8.89. The molecule has 0 spiro atoms. The molecule has 0 saturated carbocycles. The van der Waals surface area contributed by atoms with Crippen LogP contribution in [0.4, 0.5) is 20.2 Å². The van der Waals surface area contributed by atoms with Gasteiger partial charge in [-0.3, -0.25) is 4.79 Å².